The third-order valence-corrected chi connectivity index (χ3v) is 7.43. The smallest absolute Gasteiger partial charge is 0.294 e. The standard InChI is InChI=1S/C25H24N4O9/c1-29(2)13-8-12(28-24(36)15-3-4-27-38-15)19(31)17-11(13)6-9-5-10-7-14(30)18(23(26)35)22(34)25(10,37)21(33)16(9)20(17)32/h3-4,8-10,31-32,34,37H,5-7H2,1-2H3,(H2,26,35)(H,28,36)/t9-,10+,25+/m1/s1. The van der Waals surface area contributed by atoms with Gasteiger partial charge in [-0.25, -0.2) is 0 Å². The zero-order chi connectivity index (χ0) is 27.7. The number of anilines is 2. The zero-order valence-corrected chi connectivity index (χ0v) is 20.3. The number of primary amides is 1. The molecule has 1 saturated carbocycles. The van der Waals surface area contributed by atoms with Crippen molar-refractivity contribution in [2.24, 2.45) is 17.6 Å². The summed E-state index contributed by atoms with van der Waals surface area (Å²) in [6, 6.07) is 2.81. The number of nitrogens with one attached hydrogen (secondary N) is 1. The van der Waals surface area contributed by atoms with Crippen molar-refractivity contribution in [2.75, 3.05) is 24.3 Å². The number of aliphatic hydroxyl groups is 3. The van der Waals surface area contributed by atoms with E-state index in [9.17, 15) is 39.6 Å². The van der Waals surface area contributed by atoms with Crippen LogP contribution < -0.4 is 16.0 Å². The summed E-state index contributed by atoms with van der Waals surface area (Å²) < 4.78 is 4.84. The Bertz CT molecular complexity index is 1490. The molecule has 1 heterocycles. The number of hydrogen-bond donors (Lipinski definition) is 6. The minimum absolute atomic E-state index is 0.0144. The molecule has 0 radical (unpaired) electrons. The molecule has 1 aromatic carbocycles. The number of benzene rings is 1. The first-order valence-corrected chi connectivity index (χ1v) is 11.6. The van der Waals surface area contributed by atoms with Gasteiger partial charge in [0.15, 0.2) is 11.4 Å². The van der Waals surface area contributed by atoms with Gasteiger partial charge >= 0.3 is 0 Å². The molecule has 2 amide bonds. The van der Waals surface area contributed by atoms with Crippen molar-refractivity contribution < 1.29 is 44.1 Å². The Morgan fingerprint density at radius 1 is 1.21 bits per heavy atom. The van der Waals surface area contributed by atoms with Crippen LogP contribution in [0.5, 0.6) is 5.75 Å². The molecule has 0 spiro atoms. The van der Waals surface area contributed by atoms with Crippen molar-refractivity contribution in [1.29, 1.82) is 0 Å². The molecule has 0 saturated heterocycles. The summed E-state index contributed by atoms with van der Waals surface area (Å²) in [5.74, 6) is -8.13. The van der Waals surface area contributed by atoms with E-state index in [0.717, 1.165) is 0 Å². The summed E-state index contributed by atoms with van der Waals surface area (Å²) in [6.07, 6.45) is 1.01. The van der Waals surface area contributed by atoms with Gasteiger partial charge in [-0.2, -0.15) is 0 Å². The van der Waals surface area contributed by atoms with Crippen molar-refractivity contribution >= 4 is 40.5 Å². The summed E-state index contributed by atoms with van der Waals surface area (Å²) in [5.41, 5.74) is 2.16. The average molecular weight is 524 g/mol. The summed E-state index contributed by atoms with van der Waals surface area (Å²) in [7, 11) is 3.42. The summed E-state index contributed by atoms with van der Waals surface area (Å²) >= 11 is 0. The zero-order valence-electron chi connectivity index (χ0n) is 20.3. The maximum Gasteiger partial charge on any atom is 0.294 e. The number of Topliss-reactive ketones (excluding diaryl/α,β-unsaturated/α-hetero) is 2. The average Bonchev–Trinajstić information content (AvgIpc) is 3.38. The van der Waals surface area contributed by atoms with Gasteiger partial charge in [-0.3, -0.25) is 19.2 Å². The van der Waals surface area contributed by atoms with Gasteiger partial charge in [0.2, 0.25) is 11.5 Å². The predicted molar refractivity (Wildman–Crippen MR) is 130 cm³/mol. The molecule has 3 aliphatic carbocycles. The lowest BCUT2D eigenvalue weighted by atomic mass is 9.59. The number of ketones is 2. The molecule has 1 aromatic heterocycles. The van der Waals surface area contributed by atoms with Crippen LogP contribution in [0, 0.1) is 11.8 Å². The Kier molecular flexibility index (Phi) is 5.56. The lowest BCUT2D eigenvalue weighted by Gasteiger charge is -2.46. The third-order valence-electron chi connectivity index (χ3n) is 7.43. The first-order valence-electron chi connectivity index (χ1n) is 11.6. The summed E-state index contributed by atoms with van der Waals surface area (Å²) in [4.78, 5) is 52.2. The van der Waals surface area contributed by atoms with E-state index in [2.05, 4.69) is 10.5 Å². The molecule has 5 rings (SSSR count). The van der Waals surface area contributed by atoms with Gasteiger partial charge in [0.25, 0.3) is 11.8 Å². The number of nitrogens with two attached hydrogens (primary N) is 1. The quantitative estimate of drug-likeness (QED) is 0.242. The fourth-order valence-electron chi connectivity index (χ4n) is 5.68. The molecule has 38 heavy (non-hydrogen) atoms. The first-order chi connectivity index (χ1) is 17.9. The molecular weight excluding hydrogens is 500 g/mol. The van der Waals surface area contributed by atoms with E-state index >= 15 is 0 Å². The number of aliphatic hydroxyl groups excluding tert-OH is 2. The van der Waals surface area contributed by atoms with E-state index in [1.54, 1.807) is 19.0 Å². The van der Waals surface area contributed by atoms with E-state index in [1.165, 1.54) is 18.3 Å². The number of hydrogen-bond acceptors (Lipinski definition) is 11. The predicted octanol–water partition coefficient (Wildman–Crippen LogP) is 0.730. The number of aromatic hydroxyl groups is 1. The van der Waals surface area contributed by atoms with Gasteiger partial charge < -0.3 is 40.9 Å². The molecule has 0 aliphatic heterocycles. The van der Waals surface area contributed by atoms with Crippen LogP contribution in [0.25, 0.3) is 5.76 Å². The van der Waals surface area contributed by atoms with Crippen LogP contribution in [0.15, 0.2) is 39.8 Å². The number of carbonyl (C=O) groups excluding carboxylic acids is 4. The van der Waals surface area contributed by atoms with Crippen molar-refractivity contribution in [3.8, 4) is 5.75 Å². The van der Waals surface area contributed by atoms with E-state index in [4.69, 9.17) is 10.3 Å². The Morgan fingerprint density at radius 3 is 2.53 bits per heavy atom. The molecule has 0 unspecified atom stereocenters. The SMILES string of the molecule is CN(C)c1cc(NC(=O)c2ccno2)c(O)c2c1C[C@H]1C[C@H]3CC(=O)C(C(N)=O)=C(O)[C@@]3(O)C(=O)C1=C2O. The van der Waals surface area contributed by atoms with Crippen LogP contribution in [-0.2, 0) is 20.8 Å². The lowest BCUT2D eigenvalue weighted by molar-refractivity contribution is -0.147. The highest BCUT2D eigenvalue weighted by Crippen LogP contribution is 2.54. The first kappa shape index (κ1) is 25.0. The Labute approximate surface area is 214 Å². The molecule has 0 bridgehead atoms. The number of phenols is 1. The van der Waals surface area contributed by atoms with E-state index in [0.29, 0.717) is 11.3 Å². The van der Waals surface area contributed by atoms with Crippen LogP contribution in [0.3, 0.4) is 0 Å². The molecule has 3 aliphatic rings. The highest BCUT2D eigenvalue weighted by molar-refractivity contribution is 6.22. The van der Waals surface area contributed by atoms with Crippen molar-refractivity contribution in [3.05, 3.63) is 52.1 Å². The van der Waals surface area contributed by atoms with Crippen molar-refractivity contribution in [1.82, 2.24) is 5.16 Å². The van der Waals surface area contributed by atoms with E-state index in [1.807, 2.05) is 0 Å². The molecule has 198 valence electrons. The van der Waals surface area contributed by atoms with Crippen molar-refractivity contribution in [3.63, 3.8) is 0 Å². The molecular formula is C25H24N4O9. The minimum atomic E-state index is -2.66. The van der Waals surface area contributed by atoms with Gasteiger partial charge in [0, 0.05) is 43.8 Å². The van der Waals surface area contributed by atoms with Crippen LogP contribution in [0.4, 0.5) is 11.4 Å². The van der Waals surface area contributed by atoms with Gasteiger partial charge in [0.05, 0.1) is 17.4 Å². The van der Waals surface area contributed by atoms with Crippen LogP contribution >= 0.6 is 0 Å². The van der Waals surface area contributed by atoms with Gasteiger partial charge in [-0.05, 0) is 30.4 Å². The minimum Gasteiger partial charge on any atom is -0.508 e. The number of carbonyl (C=O) groups is 4. The van der Waals surface area contributed by atoms with Crippen molar-refractivity contribution in [2.45, 2.75) is 24.9 Å². The molecule has 13 nitrogen and oxygen atoms in total. The maximum atomic E-state index is 13.7. The molecule has 13 heteroatoms. The number of nitrogens with zero attached hydrogens (tertiary/aromatic N) is 2. The number of rotatable bonds is 4. The number of phenolic OH excluding ortho intramolecular Hbond substituents is 1. The largest absolute Gasteiger partial charge is 0.508 e. The second-order valence-corrected chi connectivity index (χ2v) is 9.78. The highest BCUT2D eigenvalue weighted by Gasteiger charge is 2.60. The number of amides is 2. The fraction of sp³-hybridized carbons (Fsp3) is 0.320. The second kappa shape index (κ2) is 8.45. The van der Waals surface area contributed by atoms with Gasteiger partial charge in [-0.15, -0.1) is 0 Å². The highest BCUT2D eigenvalue weighted by atomic mass is 16.5. The van der Waals surface area contributed by atoms with Gasteiger partial charge in [0.1, 0.15) is 22.8 Å². The summed E-state index contributed by atoms with van der Waals surface area (Å²) in [6.45, 7) is 0. The Morgan fingerprint density at radius 2 is 1.92 bits per heavy atom. The summed E-state index contributed by atoms with van der Waals surface area (Å²) in [5, 5.41) is 50.5. The Balaban J connectivity index is 1.68. The second-order valence-electron chi connectivity index (χ2n) is 9.78. The fourth-order valence-corrected chi connectivity index (χ4v) is 5.68. The molecule has 7 N–H and O–H groups in total. The van der Waals surface area contributed by atoms with Crippen LogP contribution in [-0.4, -0.2) is 68.7 Å². The number of fused-ring (bicyclic) bond motifs is 3. The molecule has 3 atom stereocenters. The van der Waals surface area contributed by atoms with Crippen LogP contribution in [0.1, 0.15) is 34.5 Å². The number of aromatic nitrogens is 1. The van der Waals surface area contributed by atoms with E-state index in [-0.39, 0.29) is 35.4 Å². The molecule has 1 fully saturated rings. The topological polar surface area (TPSA) is 217 Å². The Hall–Kier alpha value is -4.65. The van der Waals surface area contributed by atoms with Gasteiger partial charge in [-0.1, -0.05) is 5.16 Å². The normalized spacial score (nSPS) is 24.5. The lowest BCUT2D eigenvalue weighted by Crippen LogP contribution is -2.58. The molecule has 2 aromatic rings. The third kappa shape index (κ3) is 3.39. The van der Waals surface area contributed by atoms with E-state index < -0.39 is 70.1 Å². The monoisotopic (exact) mass is 524 g/mol. The maximum absolute atomic E-state index is 13.7. The van der Waals surface area contributed by atoms with Crippen LogP contribution in [0.2, 0.25) is 0 Å².